The summed E-state index contributed by atoms with van der Waals surface area (Å²) in [6.07, 6.45) is 5.58. The normalized spacial score (nSPS) is 14.7. The lowest BCUT2D eigenvalue weighted by molar-refractivity contribution is 0.102. The smallest absolute Gasteiger partial charge is 0.276 e. The Morgan fingerprint density at radius 1 is 1.35 bits per heavy atom. The van der Waals surface area contributed by atoms with Gasteiger partial charge >= 0.3 is 0 Å². The van der Waals surface area contributed by atoms with Crippen molar-refractivity contribution in [3.05, 3.63) is 34.4 Å². The highest BCUT2D eigenvalue weighted by Crippen LogP contribution is 2.20. The van der Waals surface area contributed by atoms with Crippen LogP contribution in [0.3, 0.4) is 0 Å². The lowest BCUT2D eigenvalue weighted by Gasteiger charge is -2.28. The first-order valence-electron chi connectivity index (χ1n) is 7.72. The Hall–Kier alpha value is -1.99. The molecule has 2 aromatic heterocycles. The zero-order valence-electron chi connectivity index (χ0n) is 13.1. The summed E-state index contributed by atoms with van der Waals surface area (Å²) < 4.78 is 5.01. The first kappa shape index (κ1) is 15.9. The molecule has 0 spiro atoms. The highest BCUT2D eigenvalue weighted by molar-refractivity contribution is 7.09. The minimum absolute atomic E-state index is 0.248. The van der Waals surface area contributed by atoms with Gasteiger partial charge in [-0.05, 0) is 31.4 Å². The maximum absolute atomic E-state index is 12.2. The summed E-state index contributed by atoms with van der Waals surface area (Å²) in [5, 5.41) is 5.29. The van der Waals surface area contributed by atoms with Gasteiger partial charge in [0.05, 0.1) is 18.5 Å². The van der Waals surface area contributed by atoms with Crippen LogP contribution < -0.4 is 10.2 Å². The van der Waals surface area contributed by atoms with E-state index >= 15 is 0 Å². The molecular formula is C16H20N4O2S. The monoisotopic (exact) mass is 332 g/mol. The summed E-state index contributed by atoms with van der Waals surface area (Å²) in [4.78, 5) is 23.1. The molecule has 1 saturated heterocycles. The molecule has 3 heterocycles. The van der Waals surface area contributed by atoms with E-state index in [1.165, 1.54) is 30.6 Å². The number of thiazole rings is 1. The van der Waals surface area contributed by atoms with E-state index in [-0.39, 0.29) is 5.91 Å². The van der Waals surface area contributed by atoms with Crippen LogP contribution in [-0.2, 0) is 11.3 Å². The molecule has 7 heteroatoms. The van der Waals surface area contributed by atoms with Gasteiger partial charge in [0.25, 0.3) is 5.91 Å². The van der Waals surface area contributed by atoms with E-state index in [0.717, 1.165) is 23.8 Å². The molecule has 1 amide bonds. The summed E-state index contributed by atoms with van der Waals surface area (Å²) >= 11 is 1.41. The van der Waals surface area contributed by atoms with Crippen LogP contribution in [-0.4, -0.2) is 36.1 Å². The predicted octanol–water partition coefficient (Wildman–Crippen LogP) is 2.93. The molecule has 0 atom stereocenters. The fraction of sp³-hybridized carbons (Fsp3) is 0.438. The average molecular weight is 332 g/mol. The van der Waals surface area contributed by atoms with Gasteiger partial charge in [-0.15, -0.1) is 11.3 Å². The number of hydrogen-bond acceptors (Lipinski definition) is 6. The number of aromatic nitrogens is 2. The topological polar surface area (TPSA) is 67.3 Å². The van der Waals surface area contributed by atoms with Gasteiger partial charge in [-0.3, -0.25) is 4.79 Å². The Bertz CT molecular complexity index is 650. The van der Waals surface area contributed by atoms with Gasteiger partial charge in [0, 0.05) is 25.6 Å². The second kappa shape index (κ2) is 7.52. The molecule has 0 unspecified atom stereocenters. The van der Waals surface area contributed by atoms with Crippen molar-refractivity contribution >= 4 is 28.7 Å². The lowest BCUT2D eigenvalue weighted by Crippen LogP contribution is -2.29. The summed E-state index contributed by atoms with van der Waals surface area (Å²) in [6.45, 7) is 2.57. The van der Waals surface area contributed by atoms with Gasteiger partial charge in [0.1, 0.15) is 16.5 Å². The van der Waals surface area contributed by atoms with E-state index in [9.17, 15) is 4.79 Å². The molecule has 0 aromatic carbocycles. The van der Waals surface area contributed by atoms with Crippen molar-refractivity contribution in [1.29, 1.82) is 0 Å². The van der Waals surface area contributed by atoms with Crippen LogP contribution in [0.2, 0.25) is 0 Å². The summed E-state index contributed by atoms with van der Waals surface area (Å²) in [7, 11) is 1.61. The molecule has 0 radical (unpaired) electrons. The molecule has 1 fully saturated rings. The molecule has 0 saturated carbocycles. The highest BCUT2D eigenvalue weighted by atomic mass is 32.1. The van der Waals surface area contributed by atoms with Gasteiger partial charge in [-0.25, -0.2) is 9.97 Å². The number of anilines is 2. The predicted molar refractivity (Wildman–Crippen MR) is 91.1 cm³/mol. The number of nitrogens with one attached hydrogen (secondary N) is 1. The standard InChI is InChI=1S/C16H20N4O2S/c1-22-10-15-18-13(11-23-15)16(21)19-14-6-5-12(9-17-14)20-7-3-2-4-8-20/h5-6,9,11H,2-4,7-8,10H2,1H3,(H,17,19,21). The van der Waals surface area contributed by atoms with E-state index in [1.807, 2.05) is 18.3 Å². The number of amides is 1. The van der Waals surface area contributed by atoms with Crippen molar-refractivity contribution in [2.45, 2.75) is 25.9 Å². The second-order valence-electron chi connectivity index (χ2n) is 5.46. The number of piperidine rings is 1. The van der Waals surface area contributed by atoms with Gasteiger partial charge in [0.2, 0.25) is 0 Å². The maximum atomic E-state index is 12.2. The Morgan fingerprint density at radius 2 is 2.17 bits per heavy atom. The van der Waals surface area contributed by atoms with Crippen LogP contribution in [0.1, 0.15) is 34.8 Å². The number of carbonyl (C=O) groups excluding carboxylic acids is 1. The third kappa shape index (κ3) is 4.05. The Kier molecular flexibility index (Phi) is 5.19. The van der Waals surface area contributed by atoms with Crippen LogP contribution in [0.4, 0.5) is 11.5 Å². The Balaban J connectivity index is 1.61. The number of ether oxygens (including phenoxy) is 1. The number of nitrogens with zero attached hydrogens (tertiary/aromatic N) is 3. The van der Waals surface area contributed by atoms with Crippen molar-refractivity contribution in [3.8, 4) is 0 Å². The van der Waals surface area contributed by atoms with Crippen LogP contribution in [0, 0.1) is 0 Å². The summed E-state index contributed by atoms with van der Waals surface area (Å²) in [5.41, 5.74) is 1.50. The highest BCUT2D eigenvalue weighted by Gasteiger charge is 2.13. The Labute approximate surface area is 139 Å². The molecule has 3 rings (SSSR count). The maximum Gasteiger partial charge on any atom is 0.276 e. The van der Waals surface area contributed by atoms with Crippen molar-refractivity contribution in [2.24, 2.45) is 0 Å². The van der Waals surface area contributed by atoms with E-state index in [0.29, 0.717) is 18.1 Å². The first-order chi connectivity index (χ1) is 11.3. The molecule has 6 nitrogen and oxygen atoms in total. The van der Waals surface area contributed by atoms with Gasteiger partial charge in [-0.2, -0.15) is 0 Å². The van der Waals surface area contributed by atoms with E-state index < -0.39 is 0 Å². The van der Waals surface area contributed by atoms with Crippen LogP contribution in [0.5, 0.6) is 0 Å². The number of methoxy groups -OCH3 is 1. The lowest BCUT2D eigenvalue weighted by atomic mass is 10.1. The van der Waals surface area contributed by atoms with Crippen LogP contribution in [0.15, 0.2) is 23.7 Å². The third-order valence-electron chi connectivity index (χ3n) is 3.76. The number of pyridine rings is 1. The van der Waals surface area contributed by atoms with Crippen molar-refractivity contribution in [1.82, 2.24) is 9.97 Å². The van der Waals surface area contributed by atoms with Crippen molar-refractivity contribution in [3.63, 3.8) is 0 Å². The summed E-state index contributed by atoms with van der Waals surface area (Å²) in [6, 6.07) is 3.84. The van der Waals surface area contributed by atoms with E-state index in [4.69, 9.17) is 4.74 Å². The van der Waals surface area contributed by atoms with Gasteiger partial charge < -0.3 is 15.0 Å². The molecule has 23 heavy (non-hydrogen) atoms. The number of carbonyl (C=O) groups is 1. The molecule has 2 aromatic rings. The minimum Gasteiger partial charge on any atom is -0.378 e. The molecule has 1 aliphatic heterocycles. The fourth-order valence-corrected chi connectivity index (χ4v) is 3.33. The van der Waals surface area contributed by atoms with E-state index in [2.05, 4.69) is 20.2 Å². The summed E-state index contributed by atoms with van der Waals surface area (Å²) in [5.74, 6) is 0.291. The first-order valence-corrected chi connectivity index (χ1v) is 8.60. The van der Waals surface area contributed by atoms with Gasteiger partial charge in [-0.1, -0.05) is 0 Å². The number of rotatable bonds is 5. The molecule has 122 valence electrons. The molecule has 1 aliphatic rings. The Morgan fingerprint density at radius 3 is 2.87 bits per heavy atom. The van der Waals surface area contributed by atoms with Gasteiger partial charge in [0.15, 0.2) is 0 Å². The second-order valence-corrected chi connectivity index (χ2v) is 6.41. The molecular weight excluding hydrogens is 312 g/mol. The molecule has 0 bridgehead atoms. The SMILES string of the molecule is COCc1nc(C(=O)Nc2ccc(N3CCCCC3)cn2)cs1. The average Bonchev–Trinajstić information content (AvgIpc) is 3.06. The minimum atomic E-state index is -0.248. The zero-order valence-corrected chi connectivity index (χ0v) is 13.9. The van der Waals surface area contributed by atoms with Crippen molar-refractivity contribution in [2.75, 3.05) is 30.4 Å². The van der Waals surface area contributed by atoms with Crippen molar-refractivity contribution < 1.29 is 9.53 Å². The molecule has 1 N–H and O–H groups in total. The fourth-order valence-electron chi connectivity index (χ4n) is 2.58. The molecule has 0 aliphatic carbocycles. The quantitative estimate of drug-likeness (QED) is 0.912. The van der Waals surface area contributed by atoms with Crippen LogP contribution >= 0.6 is 11.3 Å². The third-order valence-corrected chi connectivity index (χ3v) is 4.59. The van der Waals surface area contributed by atoms with E-state index in [1.54, 1.807) is 12.5 Å². The zero-order chi connectivity index (χ0) is 16.1. The van der Waals surface area contributed by atoms with Crippen LogP contribution in [0.25, 0.3) is 0 Å². The number of hydrogen-bond donors (Lipinski definition) is 1. The largest absolute Gasteiger partial charge is 0.378 e.